The first-order valence-electron chi connectivity index (χ1n) is 6.65. The van der Waals surface area contributed by atoms with Crippen LogP contribution in [0.2, 0.25) is 0 Å². The highest BCUT2D eigenvalue weighted by Crippen LogP contribution is 2.37. The van der Waals surface area contributed by atoms with Crippen LogP contribution in [0.3, 0.4) is 0 Å². The van der Waals surface area contributed by atoms with Gasteiger partial charge in [0.2, 0.25) is 0 Å². The molecule has 0 heterocycles. The van der Waals surface area contributed by atoms with Gasteiger partial charge in [-0.1, -0.05) is 69.6 Å². The first-order valence-corrected chi connectivity index (χ1v) is 7.44. The van der Waals surface area contributed by atoms with Crippen LogP contribution in [0.4, 0.5) is 0 Å². The average Bonchev–Trinajstić information content (AvgIpc) is 2.94. The van der Waals surface area contributed by atoms with E-state index in [4.69, 9.17) is 0 Å². The standard InChI is InChI=1S/C18H11BrN2O/c19-17-9-5-4-8-13(17)15-10-14(12-6-2-1-3-7-12)18(21-22)16(15)11-20/h1-10,22H/b21-18-. The molecule has 3 rings (SSSR count). The van der Waals surface area contributed by atoms with Crippen molar-refractivity contribution in [2.75, 3.05) is 0 Å². The molecule has 1 aliphatic rings. The van der Waals surface area contributed by atoms with E-state index in [-0.39, 0.29) is 0 Å². The minimum Gasteiger partial charge on any atom is -0.410 e. The lowest BCUT2D eigenvalue weighted by atomic mass is 10.0. The third-order valence-electron chi connectivity index (χ3n) is 3.51. The molecule has 106 valence electrons. The summed E-state index contributed by atoms with van der Waals surface area (Å²) < 4.78 is 0.889. The summed E-state index contributed by atoms with van der Waals surface area (Å²) in [5.41, 5.74) is 3.97. The second-order valence-electron chi connectivity index (χ2n) is 4.75. The van der Waals surface area contributed by atoms with E-state index >= 15 is 0 Å². The Morgan fingerprint density at radius 1 is 1.00 bits per heavy atom. The smallest absolute Gasteiger partial charge is 0.128 e. The van der Waals surface area contributed by atoms with Gasteiger partial charge in [0, 0.05) is 15.6 Å². The van der Waals surface area contributed by atoms with Gasteiger partial charge in [0.1, 0.15) is 11.8 Å². The van der Waals surface area contributed by atoms with Gasteiger partial charge in [-0.05, 0) is 23.3 Å². The summed E-state index contributed by atoms with van der Waals surface area (Å²) in [6, 6.07) is 19.4. The Hall–Kier alpha value is -2.64. The zero-order chi connectivity index (χ0) is 15.5. The van der Waals surface area contributed by atoms with Crippen LogP contribution in [0, 0.1) is 11.3 Å². The third-order valence-corrected chi connectivity index (χ3v) is 4.20. The Kier molecular flexibility index (Phi) is 3.90. The maximum absolute atomic E-state index is 9.51. The first-order chi connectivity index (χ1) is 10.8. The highest BCUT2D eigenvalue weighted by Gasteiger charge is 2.26. The molecular formula is C18H11BrN2O. The van der Waals surface area contributed by atoms with Crippen molar-refractivity contribution in [1.82, 2.24) is 0 Å². The maximum atomic E-state index is 9.51. The van der Waals surface area contributed by atoms with E-state index in [1.165, 1.54) is 0 Å². The molecule has 2 aromatic carbocycles. The molecule has 4 heteroatoms. The molecule has 0 aromatic heterocycles. The van der Waals surface area contributed by atoms with E-state index in [9.17, 15) is 10.5 Å². The van der Waals surface area contributed by atoms with Gasteiger partial charge in [-0.15, -0.1) is 0 Å². The van der Waals surface area contributed by atoms with Crippen LogP contribution in [0.15, 0.2) is 75.9 Å². The van der Waals surface area contributed by atoms with Gasteiger partial charge in [0.25, 0.3) is 0 Å². The molecule has 0 aliphatic heterocycles. The van der Waals surface area contributed by atoms with E-state index < -0.39 is 0 Å². The molecule has 1 aliphatic carbocycles. The predicted molar refractivity (Wildman–Crippen MR) is 90.3 cm³/mol. The van der Waals surface area contributed by atoms with Crippen molar-refractivity contribution in [2.45, 2.75) is 0 Å². The summed E-state index contributed by atoms with van der Waals surface area (Å²) >= 11 is 3.51. The monoisotopic (exact) mass is 350 g/mol. The highest BCUT2D eigenvalue weighted by molar-refractivity contribution is 9.10. The van der Waals surface area contributed by atoms with E-state index in [0.717, 1.165) is 26.7 Å². The Morgan fingerprint density at radius 3 is 2.32 bits per heavy atom. The molecular weight excluding hydrogens is 340 g/mol. The summed E-state index contributed by atoms with van der Waals surface area (Å²) in [5, 5.41) is 22.2. The SMILES string of the molecule is N#CC1=C(c2ccccc2Br)C=C(c2ccccc2)/C1=N/O. The number of benzene rings is 2. The Balaban J connectivity index is 2.21. The molecule has 3 nitrogen and oxygen atoms in total. The lowest BCUT2D eigenvalue weighted by Crippen LogP contribution is -2.01. The second kappa shape index (κ2) is 6.00. The highest BCUT2D eigenvalue weighted by atomic mass is 79.9. The molecule has 0 radical (unpaired) electrons. The van der Waals surface area contributed by atoms with Gasteiger partial charge in [0.15, 0.2) is 0 Å². The Morgan fingerprint density at radius 2 is 1.68 bits per heavy atom. The first kappa shape index (κ1) is 14.3. The number of hydrogen-bond acceptors (Lipinski definition) is 3. The van der Waals surface area contributed by atoms with Crippen molar-refractivity contribution < 1.29 is 5.21 Å². The van der Waals surface area contributed by atoms with Crippen LogP contribution in [0.25, 0.3) is 11.1 Å². The largest absolute Gasteiger partial charge is 0.410 e. The third kappa shape index (κ3) is 2.36. The van der Waals surface area contributed by atoms with Crippen LogP contribution < -0.4 is 0 Å². The lowest BCUT2D eigenvalue weighted by Gasteiger charge is -2.03. The fourth-order valence-electron chi connectivity index (χ4n) is 2.49. The molecule has 0 saturated heterocycles. The van der Waals surface area contributed by atoms with Gasteiger partial charge < -0.3 is 5.21 Å². The number of oxime groups is 1. The molecule has 1 N–H and O–H groups in total. The van der Waals surface area contributed by atoms with Crippen molar-refractivity contribution in [3.63, 3.8) is 0 Å². The number of hydrogen-bond donors (Lipinski definition) is 1. The predicted octanol–water partition coefficient (Wildman–Crippen LogP) is 4.65. The zero-order valence-electron chi connectivity index (χ0n) is 11.5. The van der Waals surface area contributed by atoms with Gasteiger partial charge >= 0.3 is 0 Å². The number of rotatable bonds is 2. The van der Waals surface area contributed by atoms with Crippen LogP contribution in [-0.2, 0) is 0 Å². The number of allylic oxidation sites excluding steroid dienone is 4. The molecule has 0 fully saturated rings. The van der Waals surface area contributed by atoms with Gasteiger partial charge in [0.05, 0.1) is 5.57 Å². The second-order valence-corrected chi connectivity index (χ2v) is 5.61. The molecule has 0 atom stereocenters. The quantitative estimate of drug-likeness (QED) is 0.632. The van der Waals surface area contributed by atoms with Crippen molar-refractivity contribution in [2.24, 2.45) is 5.16 Å². The van der Waals surface area contributed by atoms with E-state index in [1.807, 2.05) is 60.7 Å². The minimum atomic E-state index is 0.305. The Labute approximate surface area is 136 Å². The zero-order valence-corrected chi connectivity index (χ0v) is 13.1. The molecule has 2 aromatic rings. The van der Waals surface area contributed by atoms with Crippen molar-refractivity contribution >= 4 is 32.8 Å². The van der Waals surface area contributed by atoms with E-state index in [0.29, 0.717) is 11.3 Å². The van der Waals surface area contributed by atoms with Gasteiger partial charge in [-0.3, -0.25) is 0 Å². The lowest BCUT2D eigenvalue weighted by molar-refractivity contribution is 0.320. The van der Waals surface area contributed by atoms with E-state index in [2.05, 4.69) is 27.2 Å². The number of halogens is 1. The fraction of sp³-hybridized carbons (Fsp3) is 0. The van der Waals surface area contributed by atoms with Gasteiger partial charge in [-0.25, -0.2) is 0 Å². The summed E-state index contributed by atoms with van der Waals surface area (Å²) in [4.78, 5) is 0. The Bertz CT molecular complexity index is 858. The van der Waals surface area contributed by atoms with Crippen molar-refractivity contribution in [3.05, 3.63) is 81.8 Å². The number of nitrogens with zero attached hydrogens (tertiary/aromatic N) is 2. The molecule has 0 spiro atoms. The molecule has 0 saturated carbocycles. The van der Waals surface area contributed by atoms with Crippen molar-refractivity contribution in [1.29, 1.82) is 5.26 Å². The van der Waals surface area contributed by atoms with E-state index in [1.54, 1.807) is 0 Å². The summed E-state index contributed by atoms with van der Waals surface area (Å²) in [6.07, 6.45) is 1.89. The average molecular weight is 351 g/mol. The fourth-order valence-corrected chi connectivity index (χ4v) is 2.99. The van der Waals surface area contributed by atoms with Crippen LogP contribution in [-0.4, -0.2) is 10.9 Å². The normalized spacial score (nSPS) is 15.8. The van der Waals surface area contributed by atoms with Gasteiger partial charge in [-0.2, -0.15) is 5.26 Å². The summed E-state index contributed by atoms with van der Waals surface area (Å²) in [6.45, 7) is 0. The molecule has 0 amide bonds. The maximum Gasteiger partial charge on any atom is 0.128 e. The molecule has 0 unspecified atom stereocenters. The molecule has 0 bridgehead atoms. The molecule has 22 heavy (non-hydrogen) atoms. The number of nitriles is 1. The summed E-state index contributed by atoms with van der Waals surface area (Å²) in [5.74, 6) is 0. The van der Waals surface area contributed by atoms with Crippen LogP contribution >= 0.6 is 15.9 Å². The van der Waals surface area contributed by atoms with Crippen molar-refractivity contribution in [3.8, 4) is 6.07 Å². The van der Waals surface area contributed by atoms with Crippen LogP contribution in [0.5, 0.6) is 0 Å². The minimum absolute atomic E-state index is 0.305. The van der Waals surface area contributed by atoms with Crippen LogP contribution in [0.1, 0.15) is 11.1 Å². The topological polar surface area (TPSA) is 56.4 Å². The summed E-state index contributed by atoms with van der Waals surface area (Å²) in [7, 11) is 0.